The van der Waals surface area contributed by atoms with Gasteiger partial charge in [-0.2, -0.15) is 30.7 Å². The van der Waals surface area contributed by atoms with E-state index >= 15 is 0 Å². The van der Waals surface area contributed by atoms with Gasteiger partial charge >= 0.3 is 12.4 Å². The third-order valence-corrected chi connectivity index (χ3v) is 7.41. The second-order valence-corrected chi connectivity index (χ2v) is 10.6. The number of amides is 1. The highest BCUT2D eigenvalue weighted by Gasteiger charge is 2.33. The number of hydrogen-bond donors (Lipinski definition) is 1. The molecule has 1 fully saturated rings. The van der Waals surface area contributed by atoms with Crippen molar-refractivity contribution in [2.24, 2.45) is 5.92 Å². The molecule has 2 aromatic heterocycles. The average molecular weight is 606 g/mol. The number of aryl methyl sites for hydroxylation is 1. The first-order chi connectivity index (χ1) is 19.3. The fourth-order valence-electron chi connectivity index (χ4n) is 4.45. The number of alkyl halides is 6. The number of benzene rings is 1. The zero-order chi connectivity index (χ0) is 29.8. The van der Waals surface area contributed by atoms with Gasteiger partial charge in [0.15, 0.2) is 17.3 Å². The SMILES string of the molecule is Cc1nsc(Cc2cnc(C(F)(F)F)cn2)c1C(=O)Nc1ccc(F)c(OCC2CCCN(CCC(F)(F)F)C2)c1. The molecule has 0 saturated carbocycles. The minimum atomic E-state index is -4.62. The number of halogens is 7. The van der Waals surface area contributed by atoms with Crippen LogP contribution in [0.15, 0.2) is 30.6 Å². The van der Waals surface area contributed by atoms with Crippen LogP contribution in [0.1, 0.15) is 51.6 Å². The first kappa shape index (κ1) is 30.6. The van der Waals surface area contributed by atoms with Crippen molar-refractivity contribution in [2.45, 2.75) is 45.0 Å². The van der Waals surface area contributed by atoms with Crippen LogP contribution in [0.3, 0.4) is 0 Å². The summed E-state index contributed by atoms with van der Waals surface area (Å²) in [5.74, 6) is -1.42. The molecule has 3 heterocycles. The van der Waals surface area contributed by atoms with Gasteiger partial charge in [-0.3, -0.25) is 9.78 Å². The molecule has 7 nitrogen and oxygen atoms in total. The lowest BCUT2D eigenvalue weighted by Gasteiger charge is -2.32. The van der Waals surface area contributed by atoms with Crippen molar-refractivity contribution in [1.82, 2.24) is 19.2 Å². The van der Waals surface area contributed by atoms with Crippen LogP contribution in [0.2, 0.25) is 0 Å². The molecule has 3 aromatic rings. The van der Waals surface area contributed by atoms with Gasteiger partial charge in [-0.05, 0) is 50.0 Å². The van der Waals surface area contributed by atoms with E-state index in [0.717, 1.165) is 30.2 Å². The van der Waals surface area contributed by atoms with Crippen LogP contribution in [0.25, 0.3) is 0 Å². The maximum atomic E-state index is 14.5. The average Bonchev–Trinajstić information content (AvgIpc) is 3.27. The molecule has 0 aliphatic carbocycles. The largest absolute Gasteiger partial charge is 0.490 e. The van der Waals surface area contributed by atoms with Crippen LogP contribution in [0.5, 0.6) is 5.75 Å². The molecule has 1 atom stereocenters. The van der Waals surface area contributed by atoms with E-state index in [4.69, 9.17) is 4.74 Å². The molecule has 0 bridgehead atoms. The number of carbonyl (C=O) groups is 1. The van der Waals surface area contributed by atoms with E-state index in [0.29, 0.717) is 36.3 Å². The highest BCUT2D eigenvalue weighted by Crippen LogP contribution is 2.29. The molecule has 0 radical (unpaired) electrons. The van der Waals surface area contributed by atoms with Crippen LogP contribution in [-0.2, 0) is 12.6 Å². The molecular formula is C26H26F7N5O2S. The lowest BCUT2D eigenvalue weighted by molar-refractivity contribution is -0.141. The van der Waals surface area contributed by atoms with Gasteiger partial charge in [0.1, 0.15) is 0 Å². The third kappa shape index (κ3) is 8.58. The van der Waals surface area contributed by atoms with Gasteiger partial charge in [0.2, 0.25) is 0 Å². The highest BCUT2D eigenvalue weighted by atomic mass is 32.1. The van der Waals surface area contributed by atoms with Crippen molar-refractivity contribution in [3.63, 3.8) is 0 Å². The van der Waals surface area contributed by atoms with Gasteiger partial charge in [0, 0.05) is 48.3 Å². The molecule has 1 unspecified atom stereocenters. The molecule has 1 saturated heterocycles. The Balaban J connectivity index is 1.38. The normalized spacial score (nSPS) is 16.5. The van der Waals surface area contributed by atoms with Crippen LogP contribution in [-0.4, -0.2) is 57.6 Å². The predicted molar refractivity (Wildman–Crippen MR) is 136 cm³/mol. The van der Waals surface area contributed by atoms with E-state index in [1.54, 1.807) is 11.8 Å². The van der Waals surface area contributed by atoms with Crippen molar-refractivity contribution in [1.29, 1.82) is 0 Å². The quantitative estimate of drug-likeness (QED) is 0.289. The monoisotopic (exact) mass is 605 g/mol. The van der Waals surface area contributed by atoms with Crippen LogP contribution >= 0.6 is 11.5 Å². The maximum Gasteiger partial charge on any atom is 0.434 e. The lowest BCUT2D eigenvalue weighted by atomic mass is 9.99. The fourth-order valence-corrected chi connectivity index (χ4v) is 5.34. The predicted octanol–water partition coefficient (Wildman–Crippen LogP) is 6.29. The van der Waals surface area contributed by atoms with Gasteiger partial charge in [-0.15, -0.1) is 0 Å². The van der Waals surface area contributed by atoms with E-state index in [-0.39, 0.29) is 48.2 Å². The molecule has 1 N–H and O–H groups in total. The van der Waals surface area contributed by atoms with Gasteiger partial charge in [0.25, 0.3) is 5.91 Å². The summed E-state index contributed by atoms with van der Waals surface area (Å²) in [6, 6.07) is 3.78. The molecule has 1 aliphatic rings. The van der Waals surface area contributed by atoms with E-state index in [2.05, 4.69) is 19.7 Å². The van der Waals surface area contributed by atoms with Crippen LogP contribution in [0.4, 0.5) is 36.4 Å². The smallest absolute Gasteiger partial charge is 0.434 e. The standard InChI is InChI=1S/C26H26F7N5O2S/c1-15-23(21(41-37-15)10-18-11-35-22(12-34-18)26(31,32)33)24(39)36-17-4-5-19(27)20(9-17)40-14-16-3-2-7-38(13-16)8-6-25(28,29)30/h4-5,9,11-12,16H,2-3,6-8,10,13-14H2,1H3,(H,36,39). The molecule has 0 spiro atoms. The third-order valence-electron chi connectivity index (χ3n) is 6.48. The fraction of sp³-hybridized carbons (Fsp3) is 0.462. The van der Waals surface area contributed by atoms with Crippen molar-refractivity contribution in [3.05, 3.63) is 63.9 Å². The molecule has 222 valence electrons. The Morgan fingerprint density at radius 3 is 2.63 bits per heavy atom. The Bertz CT molecular complexity index is 1350. The molecule has 1 aliphatic heterocycles. The topological polar surface area (TPSA) is 80.2 Å². The summed E-state index contributed by atoms with van der Waals surface area (Å²) in [4.78, 5) is 22.5. The summed E-state index contributed by atoms with van der Waals surface area (Å²) in [5, 5.41) is 2.67. The number of anilines is 1. The number of nitrogens with zero attached hydrogens (tertiary/aromatic N) is 4. The summed E-state index contributed by atoms with van der Waals surface area (Å²) in [7, 11) is 0. The van der Waals surface area contributed by atoms with Crippen LogP contribution in [0, 0.1) is 18.7 Å². The summed E-state index contributed by atoms with van der Waals surface area (Å²) >= 11 is 1.00. The van der Waals surface area contributed by atoms with E-state index < -0.39 is 36.2 Å². The van der Waals surface area contributed by atoms with Crippen molar-refractivity contribution < 1.29 is 40.3 Å². The number of nitrogens with one attached hydrogen (secondary N) is 1. The van der Waals surface area contributed by atoms with E-state index in [9.17, 15) is 35.5 Å². The highest BCUT2D eigenvalue weighted by molar-refractivity contribution is 7.06. The summed E-state index contributed by atoms with van der Waals surface area (Å²) in [6.45, 7) is 2.58. The van der Waals surface area contributed by atoms with E-state index in [1.807, 2.05) is 0 Å². The number of carbonyl (C=O) groups excluding carboxylic acids is 1. The Labute approximate surface area is 234 Å². The molecular weight excluding hydrogens is 579 g/mol. The van der Waals surface area contributed by atoms with Crippen LogP contribution < -0.4 is 10.1 Å². The Morgan fingerprint density at radius 2 is 1.95 bits per heavy atom. The molecule has 1 aromatic carbocycles. The lowest BCUT2D eigenvalue weighted by Crippen LogP contribution is -2.39. The first-order valence-electron chi connectivity index (χ1n) is 12.6. The second kappa shape index (κ2) is 12.7. The maximum absolute atomic E-state index is 14.5. The molecule has 41 heavy (non-hydrogen) atoms. The van der Waals surface area contributed by atoms with Gasteiger partial charge in [-0.25, -0.2) is 9.37 Å². The zero-order valence-corrected chi connectivity index (χ0v) is 22.6. The summed E-state index contributed by atoms with van der Waals surface area (Å²) < 4.78 is 100. The second-order valence-electron chi connectivity index (χ2n) is 9.72. The summed E-state index contributed by atoms with van der Waals surface area (Å²) in [6.07, 6.45) is -6.67. The number of ether oxygens (including phenoxy) is 1. The minimum absolute atomic E-state index is 0.0263. The molecule has 15 heteroatoms. The molecule has 4 rings (SSSR count). The minimum Gasteiger partial charge on any atom is -0.490 e. The number of likely N-dealkylation sites (tertiary alicyclic amines) is 1. The number of hydrogen-bond acceptors (Lipinski definition) is 7. The Kier molecular flexibility index (Phi) is 9.47. The number of aromatic nitrogens is 3. The Hall–Kier alpha value is -3.33. The molecule has 1 amide bonds. The van der Waals surface area contributed by atoms with Crippen molar-refractivity contribution in [3.8, 4) is 5.75 Å². The van der Waals surface area contributed by atoms with Crippen molar-refractivity contribution in [2.75, 3.05) is 31.6 Å². The number of piperidine rings is 1. The van der Waals surface area contributed by atoms with Crippen molar-refractivity contribution >= 4 is 23.1 Å². The zero-order valence-electron chi connectivity index (χ0n) is 21.8. The van der Waals surface area contributed by atoms with Gasteiger partial charge in [-0.1, -0.05) is 0 Å². The van der Waals surface area contributed by atoms with Gasteiger partial charge in [0.05, 0.1) is 36.2 Å². The number of rotatable bonds is 9. The summed E-state index contributed by atoms with van der Waals surface area (Å²) in [5.41, 5.74) is -0.0742. The first-order valence-corrected chi connectivity index (χ1v) is 13.4. The van der Waals surface area contributed by atoms with E-state index in [1.165, 1.54) is 12.1 Å². The van der Waals surface area contributed by atoms with Gasteiger partial charge < -0.3 is 15.0 Å². The Morgan fingerprint density at radius 1 is 1.17 bits per heavy atom.